The quantitative estimate of drug-likeness (QED) is 0.586. The fraction of sp³-hybridized carbons (Fsp3) is 0.250. The molecule has 1 N–H and O–H groups in total. The van der Waals surface area contributed by atoms with Gasteiger partial charge in [-0.25, -0.2) is 0 Å². The lowest BCUT2D eigenvalue weighted by atomic mass is 10.1. The number of likely N-dealkylation sites (N-methyl/N-ethyl adjacent to an activating group) is 1. The Bertz CT molecular complexity index is 1070. The van der Waals surface area contributed by atoms with Crippen molar-refractivity contribution in [3.63, 3.8) is 0 Å². The highest BCUT2D eigenvalue weighted by Crippen LogP contribution is 2.29. The Morgan fingerprint density at radius 2 is 1.80 bits per heavy atom. The third kappa shape index (κ3) is 4.88. The van der Waals surface area contributed by atoms with Gasteiger partial charge < -0.3 is 9.64 Å². The lowest BCUT2D eigenvalue weighted by Crippen LogP contribution is -2.30. The maximum atomic E-state index is 12.7. The Labute approximate surface area is 175 Å². The normalized spacial score (nSPS) is 11.4. The molecule has 3 aromatic rings. The minimum atomic E-state index is -4.39. The van der Waals surface area contributed by atoms with E-state index in [9.17, 15) is 18.0 Å². The lowest BCUT2D eigenvalue weighted by Gasteiger charge is -2.18. The van der Waals surface area contributed by atoms with Crippen LogP contribution in [0.3, 0.4) is 0 Å². The zero-order valence-corrected chi connectivity index (χ0v) is 17.0. The van der Waals surface area contributed by atoms with Gasteiger partial charge in [-0.2, -0.15) is 18.3 Å². The number of nitrogens with zero attached hydrogens (tertiary/aromatic N) is 3. The zero-order chi connectivity index (χ0) is 21.9. The molecule has 0 radical (unpaired) electrons. The van der Waals surface area contributed by atoms with Crippen molar-refractivity contribution in [1.82, 2.24) is 19.7 Å². The summed E-state index contributed by atoms with van der Waals surface area (Å²) in [5, 5.41) is 6.88. The minimum Gasteiger partial charge on any atom is -0.497 e. The average molecular weight is 436 g/mol. The molecule has 158 valence electrons. The van der Waals surface area contributed by atoms with E-state index in [4.69, 9.17) is 17.0 Å². The first kappa shape index (κ1) is 21.6. The van der Waals surface area contributed by atoms with Gasteiger partial charge in [0.1, 0.15) is 12.3 Å². The summed E-state index contributed by atoms with van der Waals surface area (Å²) in [6, 6.07) is 11.9. The van der Waals surface area contributed by atoms with Gasteiger partial charge in [-0.05, 0) is 54.2 Å². The molecule has 30 heavy (non-hydrogen) atoms. The van der Waals surface area contributed by atoms with Gasteiger partial charge in [0.2, 0.25) is 5.91 Å². The molecule has 0 atom stereocenters. The Balaban J connectivity index is 1.72. The Hall–Kier alpha value is -3.14. The van der Waals surface area contributed by atoms with Crippen molar-refractivity contribution >= 4 is 18.1 Å². The van der Waals surface area contributed by atoms with Crippen LogP contribution < -0.4 is 4.74 Å². The number of benzene rings is 2. The van der Waals surface area contributed by atoms with Crippen LogP contribution >= 0.6 is 12.2 Å². The first-order valence-electron chi connectivity index (χ1n) is 8.89. The lowest BCUT2D eigenvalue weighted by molar-refractivity contribution is -0.137. The second-order valence-corrected chi connectivity index (χ2v) is 7.00. The molecule has 1 amide bonds. The van der Waals surface area contributed by atoms with E-state index in [1.165, 1.54) is 17.0 Å². The molecule has 0 fully saturated rings. The number of methoxy groups -OCH3 is 1. The average Bonchev–Trinajstić information content (AvgIpc) is 3.08. The zero-order valence-electron chi connectivity index (χ0n) is 16.2. The minimum absolute atomic E-state index is 0.0617. The fourth-order valence-electron chi connectivity index (χ4n) is 2.84. The van der Waals surface area contributed by atoms with Crippen molar-refractivity contribution in [2.24, 2.45) is 0 Å². The molecule has 0 aliphatic heterocycles. The molecule has 0 spiro atoms. The molecule has 0 aliphatic rings. The number of aromatic nitrogens is 3. The van der Waals surface area contributed by atoms with Crippen molar-refractivity contribution in [1.29, 1.82) is 0 Å². The molecule has 1 heterocycles. The van der Waals surface area contributed by atoms with Gasteiger partial charge in [0.05, 0.1) is 12.7 Å². The number of alkyl halides is 3. The molecule has 0 unspecified atom stereocenters. The predicted molar refractivity (Wildman–Crippen MR) is 107 cm³/mol. The smallest absolute Gasteiger partial charge is 0.416 e. The number of H-pyrrole nitrogens is 1. The van der Waals surface area contributed by atoms with Crippen molar-refractivity contribution < 1.29 is 22.7 Å². The van der Waals surface area contributed by atoms with Gasteiger partial charge in [0.15, 0.2) is 10.6 Å². The monoisotopic (exact) mass is 436 g/mol. The molecule has 3 rings (SSSR count). The molecule has 0 saturated carbocycles. The number of halogens is 3. The second kappa shape index (κ2) is 8.70. The molecule has 6 nitrogen and oxygen atoms in total. The number of amides is 1. The topological polar surface area (TPSA) is 63.1 Å². The van der Waals surface area contributed by atoms with E-state index < -0.39 is 11.7 Å². The van der Waals surface area contributed by atoms with E-state index in [0.717, 1.165) is 17.7 Å². The first-order chi connectivity index (χ1) is 14.2. The standard InChI is InChI=1S/C20H19F3N4O2S/c1-26(11-13-3-7-15(8-4-13)20(21,22)23)17(28)12-27-18(24-25-19(27)30)14-5-9-16(29-2)10-6-14/h3-10H,11-12H2,1-2H3,(H,25,30). The number of hydrogen-bond donors (Lipinski definition) is 1. The third-order valence-electron chi connectivity index (χ3n) is 4.53. The van der Waals surface area contributed by atoms with E-state index in [1.54, 1.807) is 43.0 Å². The molecule has 0 aliphatic carbocycles. The second-order valence-electron chi connectivity index (χ2n) is 6.61. The van der Waals surface area contributed by atoms with E-state index in [2.05, 4.69) is 10.2 Å². The number of hydrogen-bond acceptors (Lipinski definition) is 4. The summed E-state index contributed by atoms with van der Waals surface area (Å²) in [5.74, 6) is 0.924. The van der Waals surface area contributed by atoms with Gasteiger partial charge in [-0.15, -0.1) is 0 Å². The van der Waals surface area contributed by atoms with Gasteiger partial charge >= 0.3 is 6.18 Å². The van der Waals surface area contributed by atoms with Crippen LogP contribution in [0.25, 0.3) is 11.4 Å². The fourth-order valence-corrected chi connectivity index (χ4v) is 3.04. The van der Waals surface area contributed by atoms with Crippen LogP contribution in [0.5, 0.6) is 5.75 Å². The number of rotatable bonds is 6. The van der Waals surface area contributed by atoms with Crippen molar-refractivity contribution in [2.45, 2.75) is 19.3 Å². The Morgan fingerprint density at radius 1 is 1.17 bits per heavy atom. The third-order valence-corrected chi connectivity index (χ3v) is 4.84. The summed E-state index contributed by atoms with van der Waals surface area (Å²) >= 11 is 5.25. The number of aromatic amines is 1. The van der Waals surface area contributed by atoms with Crippen molar-refractivity contribution in [2.75, 3.05) is 14.2 Å². The maximum Gasteiger partial charge on any atom is 0.416 e. The van der Waals surface area contributed by atoms with Crippen molar-refractivity contribution in [3.8, 4) is 17.1 Å². The van der Waals surface area contributed by atoms with E-state index >= 15 is 0 Å². The summed E-state index contributed by atoms with van der Waals surface area (Å²) in [7, 11) is 3.15. The number of carbonyl (C=O) groups excluding carboxylic acids is 1. The van der Waals surface area contributed by atoms with Gasteiger partial charge in [0, 0.05) is 19.2 Å². The van der Waals surface area contributed by atoms with Crippen LogP contribution in [-0.2, 0) is 24.1 Å². The molecule has 2 aromatic carbocycles. The Morgan fingerprint density at radius 3 is 2.37 bits per heavy atom. The predicted octanol–water partition coefficient (Wildman–Crippen LogP) is 4.29. The van der Waals surface area contributed by atoms with Crippen LogP contribution in [0, 0.1) is 4.77 Å². The molecule has 0 saturated heterocycles. The van der Waals surface area contributed by atoms with Crippen LogP contribution in [0.15, 0.2) is 48.5 Å². The first-order valence-corrected chi connectivity index (χ1v) is 9.29. The van der Waals surface area contributed by atoms with Crippen LogP contribution in [0.2, 0.25) is 0 Å². The summed E-state index contributed by atoms with van der Waals surface area (Å²) in [6.45, 7) is 0.105. The summed E-state index contributed by atoms with van der Waals surface area (Å²) in [5.41, 5.74) is 0.612. The van der Waals surface area contributed by atoms with Crippen molar-refractivity contribution in [3.05, 3.63) is 64.4 Å². The van der Waals surface area contributed by atoms with Crippen LogP contribution in [0.1, 0.15) is 11.1 Å². The number of ether oxygens (including phenoxy) is 1. The van der Waals surface area contributed by atoms with E-state index in [1.807, 2.05) is 0 Å². The van der Waals surface area contributed by atoms with Gasteiger partial charge in [0.25, 0.3) is 0 Å². The highest BCUT2D eigenvalue weighted by Gasteiger charge is 2.30. The summed E-state index contributed by atoms with van der Waals surface area (Å²) in [4.78, 5) is 14.1. The SMILES string of the molecule is COc1ccc(-c2n[nH]c(=S)n2CC(=O)N(C)Cc2ccc(C(F)(F)F)cc2)cc1. The van der Waals surface area contributed by atoms with E-state index in [-0.39, 0.29) is 23.8 Å². The molecular formula is C20H19F3N4O2S. The summed E-state index contributed by atoms with van der Waals surface area (Å²) in [6.07, 6.45) is -4.39. The van der Waals surface area contributed by atoms with Gasteiger partial charge in [-0.3, -0.25) is 14.5 Å². The molecule has 0 bridgehead atoms. The van der Waals surface area contributed by atoms with Crippen LogP contribution in [-0.4, -0.2) is 39.7 Å². The largest absolute Gasteiger partial charge is 0.497 e. The molecule has 10 heteroatoms. The van der Waals surface area contributed by atoms with Gasteiger partial charge in [-0.1, -0.05) is 12.1 Å². The molecular weight excluding hydrogens is 417 g/mol. The molecule has 1 aromatic heterocycles. The highest BCUT2D eigenvalue weighted by atomic mass is 32.1. The summed E-state index contributed by atoms with van der Waals surface area (Å²) < 4.78 is 45.1. The number of nitrogens with one attached hydrogen (secondary N) is 1. The van der Waals surface area contributed by atoms with Crippen LogP contribution in [0.4, 0.5) is 13.2 Å². The Kier molecular flexibility index (Phi) is 6.25. The van der Waals surface area contributed by atoms with E-state index in [0.29, 0.717) is 17.1 Å². The highest BCUT2D eigenvalue weighted by molar-refractivity contribution is 7.71. The number of carbonyl (C=O) groups is 1. The maximum absolute atomic E-state index is 12.7.